The lowest BCUT2D eigenvalue weighted by Gasteiger charge is -2.09. The molecule has 0 atom stereocenters. The summed E-state index contributed by atoms with van der Waals surface area (Å²) in [7, 11) is -2.22. The molecule has 0 saturated carbocycles. The highest BCUT2D eigenvalue weighted by atomic mass is 32.2. The summed E-state index contributed by atoms with van der Waals surface area (Å²) in [5.41, 5.74) is 3.61. The predicted molar refractivity (Wildman–Crippen MR) is 133 cm³/mol. The van der Waals surface area contributed by atoms with Crippen LogP contribution in [0.1, 0.15) is 26.3 Å². The zero-order chi connectivity index (χ0) is 24.7. The summed E-state index contributed by atoms with van der Waals surface area (Å²) < 4.78 is 28.1. The number of sulfonamides is 1. The number of hydrogen-bond acceptors (Lipinski definition) is 6. The van der Waals surface area contributed by atoms with Gasteiger partial charge in [0.25, 0.3) is 15.9 Å². The second kappa shape index (κ2) is 8.64. The van der Waals surface area contributed by atoms with Gasteiger partial charge in [0.05, 0.1) is 22.3 Å². The van der Waals surface area contributed by atoms with Gasteiger partial charge in [0, 0.05) is 40.7 Å². The van der Waals surface area contributed by atoms with Crippen LogP contribution in [0.2, 0.25) is 0 Å². The minimum absolute atomic E-state index is 0.0263. The third kappa shape index (κ3) is 4.41. The second-order valence-electron chi connectivity index (χ2n) is 8.10. The molecular formula is C25H19N3O5S2. The van der Waals surface area contributed by atoms with Gasteiger partial charge in [0.15, 0.2) is 0 Å². The van der Waals surface area contributed by atoms with E-state index in [9.17, 15) is 18.0 Å². The molecule has 2 aromatic carbocycles. The van der Waals surface area contributed by atoms with Crippen molar-refractivity contribution < 1.29 is 23.1 Å². The molecule has 0 radical (unpaired) electrons. The van der Waals surface area contributed by atoms with E-state index >= 15 is 0 Å². The lowest BCUT2D eigenvalue weighted by molar-refractivity contribution is 0.0696. The van der Waals surface area contributed by atoms with E-state index in [0.29, 0.717) is 6.54 Å². The molecule has 2 aromatic heterocycles. The van der Waals surface area contributed by atoms with Crippen molar-refractivity contribution in [3.8, 4) is 20.9 Å². The molecule has 1 aliphatic rings. The maximum absolute atomic E-state index is 12.8. The van der Waals surface area contributed by atoms with Gasteiger partial charge in [-0.3, -0.25) is 14.5 Å². The van der Waals surface area contributed by atoms with E-state index in [0.717, 1.165) is 38.1 Å². The Labute approximate surface area is 205 Å². The number of nitrogens with zero attached hydrogens (tertiary/aromatic N) is 2. The number of rotatable bonds is 6. The zero-order valence-electron chi connectivity index (χ0n) is 18.4. The lowest BCUT2D eigenvalue weighted by Crippen LogP contribution is -2.17. The van der Waals surface area contributed by atoms with Crippen LogP contribution in [-0.4, -0.2) is 42.3 Å². The van der Waals surface area contributed by atoms with Crippen molar-refractivity contribution in [2.45, 2.75) is 11.4 Å². The molecule has 35 heavy (non-hydrogen) atoms. The highest BCUT2D eigenvalue weighted by Crippen LogP contribution is 2.36. The van der Waals surface area contributed by atoms with Gasteiger partial charge in [0.2, 0.25) is 0 Å². The molecule has 0 aliphatic carbocycles. The Kier molecular flexibility index (Phi) is 5.62. The molecule has 0 saturated heterocycles. The number of carboxylic acid groups (broad SMARTS) is 1. The number of aromatic nitrogens is 1. The fourth-order valence-corrected chi connectivity index (χ4v) is 5.97. The minimum Gasteiger partial charge on any atom is -0.478 e. The third-order valence-corrected chi connectivity index (χ3v) is 8.21. The maximum Gasteiger partial charge on any atom is 0.335 e. The van der Waals surface area contributed by atoms with Gasteiger partial charge in [-0.05, 0) is 59.7 Å². The molecule has 0 spiro atoms. The summed E-state index contributed by atoms with van der Waals surface area (Å²) in [6, 6.07) is 16.6. The monoisotopic (exact) mass is 505 g/mol. The van der Waals surface area contributed by atoms with Crippen LogP contribution in [0.5, 0.6) is 0 Å². The molecule has 8 nitrogen and oxygen atoms in total. The van der Waals surface area contributed by atoms with Crippen molar-refractivity contribution in [2.24, 2.45) is 0 Å². The first-order valence-electron chi connectivity index (χ1n) is 10.5. The Morgan fingerprint density at radius 3 is 2.57 bits per heavy atom. The van der Waals surface area contributed by atoms with E-state index in [1.54, 1.807) is 24.2 Å². The van der Waals surface area contributed by atoms with E-state index in [1.165, 1.54) is 35.7 Å². The van der Waals surface area contributed by atoms with Gasteiger partial charge in [-0.2, -0.15) is 0 Å². The van der Waals surface area contributed by atoms with Crippen molar-refractivity contribution in [2.75, 3.05) is 11.8 Å². The van der Waals surface area contributed by atoms with Crippen LogP contribution >= 0.6 is 11.3 Å². The largest absolute Gasteiger partial charge is 0.478 e. The molecule has 4 aromatic rings. The summed E-state index contributed by atoms with van der Waals surface area (Å²) in [5.74, 6) is -1.18. The molecule has 0 bridgehead atoms. The van der Waals surface area contributed by atoms with Gasteiger partial charge in [-0.1, -0.05) is 12.1 Å². The zero-order valence-corrected chi connectivity index (χ0v) is 20.1. The Balaban J connectivity index is 1.40. The first kappa shape index (κ1) is 22.8. The summed E-state index contributed by atoms with van der Waals surface area (Å²) in [6.45, 7) is 0.585. The van der Waals surface area contributed by atoms with Crippen molar-refractivity contribution in [3.63, 3.8) is 0 Å². The van der Waals surface area contributed by atoms with Crippen LogP contribution < -0.4 is 4.72 Å². The van der Waals surface area contributed by atoms with Crippen LogP contribution in [0.3, 0.4) is 0 Å². The average molecular weight is 506 g/mol. The highest BCUT2D eigenvalue weighted by Gasteiger charge is 2.24. The number of nitrogens with one attached hydrogen (secondary N) is 1. The smallest absolute Gasteiger partial charge is 0.335 e. The summed E-state index contributed by atoms with van der Waals surface area (Å²) >= 11 is 1.53. The van der Waals surface area contributed by atoms with Crippen molar-refractivity contribution in [1.82, 2.24) is 9.88 Å². The molecule has 3 heterocycles. The van der Waals surface area contributed by atoms with E-state index in [-0.39, 0.29) is 22.1 Å². The predicted octanol–water partition coefficient (Wildman–Crippen LogP) is 4.56. The van der Waals surface area contributed by atoms with Gasteiger partial charge in [0.1, 0.15) is 0 Å². The maximum atomic E-state index is 12.8. The fraction of sp³-hybridized carbons (Fsp3) is 0.0800. The average Bonchev–Trinajstić information content (AvgIpc) is 3.44. The Morgan fingerprint density at radius 1 is 1.03 bits per heavy atom. The molecule has 2 N–H and O–H groups in total. The van der Waals surface area contributed by atoms with Crippen molar-refractivity contribution in [1.29, 1.82) is 0 Å². The number of hydrogen-bond donors (Lipinski definition) is 2. The van der Waals surface area contributed by atoms with Crippen LogP contribution in [0, 0.1) is 0 Å². The first-order chi connectivity index (χ1) is 16.7. The number of fused-ring (bicyclic) bond motifs is 1. The van der Waals surface area contributed by atoms with E-state index in [2.05, 4.69) is 9.71 Å². The SMILES string of the molecule is CN1Cc2cc(-c3ccc(-c4cncc(NS(=O)(=O)c5cccc(C(=O)O)c5)c4)s3)ccc2C1=O. The number of benzene rings is 2. The topological polar surface area (TPSA) is 117 Å². The van der Waals surface area contributed by atoms with E-state index in [4.69, 9.17) is 5.11 Å². The Hall–Kier alpha value is -4.02. The number of carboxylic acids is 1. The lowest BCUT2D eigenvalue weighted by atomic mass is 10.1. The van der Waals surface area contributed by atoms with Crippen molar-refractivity contribution >= 4 is 38.9 Å². The number of aromatic carboxylic acids is 1. The van der Waals surface area contributed by atoms with Crippen LogP contribution in [0.25, 0.3) is 20.9 Å². The summed E-state index contributed by atoms with van der Waals surface area (Å²) in [6.07, 6.45) is 3.04. The van der Waals surface area contributed by atoms with Crippen LogP contribution in [0.4, 0.5) is 5.69 Å². The molecule has 5 rings (SSSR count). The van der Waals surface area contributed by atoms with Gasteiger partial charge in [-0.15, -0.1) is 11.3 Å². The molecule has 10 heteroatoms. The summed E-state index contributed by atoms with van der Waals surface area (Å²) in [5, 5.41) is 9.14. The number of pyridine rings is 1. The summed E-state index contributed by atoms with van der Waals surface area (Å²) in [4.78, 5) is 31.0. The number of carbonyl (C=O) groups excluding carboxylic acids is 1. The Morgan fingerprint density at radius 2 is 1.80 bits per heavy atom. The van der Waals surface area contributed by atoms with E-state index < -0.39 is 16.0 Å². The highest BCUT2D eigenvalue weighted by molar-refractivity contribution is 7.92. The van der Waals surface area contributed by atoms with Gasteiger partial charge >= 0.3 is 5.97 Å². The van der Waals surface area contributed by atoms with Crippen molar-refractivity contribution in [3.05, 3.63) is 89.7 Å². The number of anilines is 1. The van der Waals surface area contributed by atoms with Gasteiger partial charge < -0.3 is 10.0 Å². The molecule has 0 fully saturated rings. The number of amides is 1. The number of thiophene rings is 1. The number of carbonyl (C=O) groups is 2. The van der Waals surface area contributed by atoms with E-state index in [1.807, 2.05) is 30.3 Å². The van der Waals surface area contributed by atoms with Crippen LogP contribution in [-0.2, 0) is 16.6 Å². The molecule has 176 valence electrons. The standard InChI is InChI=1S/C25H19N3O5S2/c1-28-14-18-9-15(5-6-21(18)24(28)29)22-7-8-23(34-22)17-10-19(13-26-12-17)27-35(32,33)20-4-2-3-16(11-20)25(30)31/h2-13,27H,14H2,1H3,(H,30,31). The second-order valence-corrected chi connectivity index (χ2v) is 10.9. The molecule has 1 aliphatic heterocycles. The quantitative estimate of drug-likeness (QED) is 0.397. The fourth-order valence-electron chi connectivity index (χ4n) is 3.91. The third-order valence-electron chi connectivity index (χ3n) is 5.65. The Bertz CT molecular complexity index is 1590. The van der Waals surface area contributed by atoms with Crippen LogP contribution in [0.15, 0.2) is 78.0 Å². The first-order valence-corrected chi connectivity index (χ1v) is 12.8. The van der Waals surface area contributed by atoms with Gasteiger partial charge in [-0.25, -0.2) is 13.2 Å². The molecule has 0 unspecified atom stereocenters. The molecular weight excluding hydrogens is 486 g/mol. The molecule has 1 amide bonds. The minimum atomic E-state index is -4.00. The normalized spacial score (nSPS) is 13.1.